The number of carboxylic acid groups (broad SMARTS) is 1. The molecule has 1 N–H and O–H groups in total. The second-order valence-electron chi connectivity index (χ2n) is 8.73. The largest absolute Gasteiger partial charge is 0.493 e. The van der Waals surface area contributed by atoms with Gasteiger partial charge in [-0.2, -0.15) is 0 Å². The van der Waals surface area contributed by atoms with Crippen LogP contribution in [0.5, 0.6) is 5.75 Å². The second-order valence-corrected chi connectivity index (χ2v) is 9.14. The van der Waals surface area contributed by atoms with Gasteiger partial charge in [-0.05, 0) is 31.0 Å². The third-order valence-electron chi connectivity index (χ3n) is 6.35. The SMILES string of the molecule is O=CCCCCCCOc1cccc(F)c1-c1c(Cl)cc2c(N3CCN(C(=O)O)CC3)ncnc2c1F. The van der Waals surface area contributed by atoms with Gasteiger partial charge in [0.05, 0.1) is 17.2 Å². The van der Waals surface area contributed by atoms with Crippen LogP contribution in [0.3, 0.4) is 0 Å². The summed E-state index contributed by atoms with van der Waals surface area (Å²) in [4.78, 5) is 33.2. The number of carbonyl (C=O) groups excluding carboxylic acids is 1. The van der Waals surface area contributed by atoms with Gasteiger partial charge in [0, 0.05) is 43.5 Å². The van der Waals surface area contributed by atoms with Gasteiger partial charge in [-0.25, -0.2) is 23.5 Å². The number of nitrogens with zero attached hydrogens (tertiary/aromatic N) is 4. The fourth-order valence-electron chi connectivity index (χ4n) is 4.44. The molecule has 0 bridgehead atoms. The molecule has 2 heterocycles. The minimum atomic E-state index is -0.994. The van der Waals surface area contributed by atoms with Gasteiger partial charge in [0.25, 0.3) is 0 Å². The Kier molecular flexibility index (Phi) is 8.70. The van der Waals surface area contributed by atoms with E-state index in [0.717, 1.165) is 25.5 Å². The standard InChI is InChI=1S/C26H27ClF2N4O4/c27-18-15-17-24(30-16-31-25(17)32-9-11-33(12-10-32)26(35)36)23(29)21(18)22-19(28)7-6-8-20(22)37-14-5-3-1-2-4-13-34/h6-8,13,15-16H,1-5,9-12,14H2,(H,35,36). The number of piperazine rings is 1. The fourth-order valence-corrected chi connectivity index (χ4v) is 4.73. The Morgan fingerprint density at radius 3 is 2.57 bits per heavy atom. The Morgan fingerprint density at radius 2 is 1.84 bits per heavy atom. The van der Waals surface area contributed by atoms with Crippen molar-refractivity contribution in [1.82, 2.24) is 14.9 Å². The molecule has 0 radical (unpaired) electrons. The molecule has 0 unspecified atom stereocenters. The number of unbranched alkanes of at least 4 members (excludes halogenated alkanes) is 4. The zero-order chi connectivity index (χ0) is 26.4. The summed E-state index contributed by atoms with van der Waals surface area (Å²) in [6, 6.07) is 5.78. The molecule has 0 spiro atoms. The molecule has 1 aliphatic rings. The fraction of sp³-hybridized carbons (Fsp3) is 0.385. The van der Waals surface area contributed by atoms with Gasteiger partial charge in [0.1, 0.15) is 35.5 Å². The molecule has 0 saturated carbocycles. The van der Waals surface area contributed by atoms with E-state index in [2.05, 4.69) is 9.97 Å². The number of anilines is 1. The first-order chi connectivity index (χ1) is 17.9. The molecule has 196 valence electrons. The van der Waals surface area contributed by atoms with E-state index in [1.54, 1.807) is 6.07 Å². The minimum absolute atomic E-state index is 0.0190. The number of aldehydes is 1. The zero-order valence-corrected chi connectivity index (χ0v) is 20.9. The Balaban J connectivity index is 1.63. The number of hydrogen-bond donors (Lipinski definition) is 1. The molecule has 0 aliphatic carbocycles. The molecule has 1 amide bonds. The summed E-state index contributed by atoms with van der Waals surface area (Å²) in [7, 11) is 0. The van der Waals surface area contributed by atoms with Crippen LogP contribution in [0.4, 0.5) is 19.4 Å². The highest BCUT2D eigenvalue weighted by molar-refractivity contribution is 6.34. The lowest BCUT2D eigenvalue weighted by atomic mass is 10.0. The maximum absolute atomic E-state index is 15.9. The molecular weight excluding hydrogens is 506 g/mol. The van der Waals surface area contributed by atoms with Crippen LogP contribution < -0.4 is 9.64 Å². The molecule has 3 aromatic rings. The summed E-state index contributed by atoms with van der Waals surface area (Å²) in [6.07, 6.45) is 4.90. The first-order valence-electron chi connectivity index (χ1n) is 12.1. The maximum Gasteiger partial charge on any atom is 0.407 e. The van der Waals surface area contributed by atoms with Crippen LogP contribution in [0.15, 0.2) is 30.6 Å². The molecule has 0 atom stereocenters. The van der Waals surface area contributed by atoms with E-state index in [0.29, 0.717) is 43.7 Å². The topological polar surface area (TPSA) is 95.9 Å². The van der Waals surface area contributed by atoms with Crippen molar-refractivity contribution in [2.24, 2.45) is 0 Å². The molecule has 37 heavy (non-hydrogen) atoms. The van der Waals surface area contributed by atoms with Gasteiger partial charge < -0.3 is 24.4 Å². The highest BCUT2D eigenvalue weighted by atomic mass is 35.5. The summed E-state index contributed by atoms with van der Waals surface area (Å²) in [5, 5.41) is 9.53. The Morgan fingerprint density at radius 1 is 1.08 bits per heavy atom. The third-order valence-corrected chi connectivity index (χ3v) is 6.65. The molecule has 1 fully saturated rings. The van der Waals surface area contributed by atoms with Gasteiger partial charge >= 0.3 is 6.09 Å². The van der Waals surface area contributed by atoms with E-state index >= 15 is 8.78 Å². The quantitative estimate of drug-likeness (QED) is 0.270. The van der Waals surface area contributed by atoms with Crippen LogP contribution in [0.2, 0.25) is 5.02 Å². The number of hydrogen-bond acceptors (Lipinski definition) is 6. The normalized spacial score (nSPS) is 13.7. The van der Waals surface area contributed by atoms with Crippen molar-refractivity contribution in [3.05, 3.63) is 47.2 Å². The zero-order valence-electron chi connectivity index (χ0n) is 20.1. The number of carbonyl (C=O) groups is 2. The molecule has 1 aliphatic heterocycles. The van der Waals surface area contributed by atoms with Crippen LogP contribution in [0.25, 0.3) is 22.0 Å². The lowest BCUT2D eigenvalue weighted by Crippen LogP contribution is -2.48. The summed E-state index contributed by atoms with van der Waals surface area (Å²) in [5.41, 5.74) is -0.244. The van der Waals surface area contributed by atoms with Crippen LogP contribution in [0.1, 0.15) is 32.1 Å². The summed E-state index contributed by atoms with van der Waals surface area (Å²) in [6.45, 7) is 1.61. The van der Waals surface area contributed by atoms with Gasteiger partial charge in [-0.3, -0.25) is 0 Å². The lowest BCUT2D eigenvalue weighted by molar-refractivity contribution is -0.107. The molecule has 4 rings (SSSR count). The molecule has 11 heteroatoms. The predicted molar refractivity (Wildman–Crippen MR) is 136 cm³/mol. The highest BCUT2D eigenvalue weighted by Gasteiger charge is 2.26. The van der Waals surface area contributed by atoms with Crippen LogP contribution >= 0.6 is 11.6 Å². The maximum atomic E-state index is 15.9. The number of rotatable bonds is 10. The van der Waals surface area contributed by atoms with Crippen molar-refractivity contribution in [1.29, 1.82) is 0 Å². The Bertz CT molecular complexity index is 1290. The first-order valence-corrected chi connectivity index (χ1v) is 12.5. The van der Waals surface area contributed by atoms with Crippen molar-refractivity contribution >= 4 is 40.7 Å². The third kappa shape index (κ3) is 5.90. The van der Waals surface area contributed by atoms with Crippen LogP contribution in [-0.4, -0.2) is 65.1 Å². The van der Waals surface area contributed by atoms with Crippen molar-refractivity contribution in [3.8, 4) is 16.9 Å². The Hall–Kier alpha value is -3.53. The average molecular weight is 533 g/mol. The molecular formula is C26H27ClF2N4O4. The van der Waals surface area contributed by atoms with E-state index in [1.165, 1.54) is 29.4 Å². The molecule has 1 aromatic heterocycles. The first kappa shape index (κ1) is 26.5. The average Bonchev–Trinajstić information content (AvgIpc) is 2.89. The predicted octanol–water partition coefficient (Wildman–Crippen LogP) is 5.56. The molecule has 2 aromatic carbocycles. The molecule has 8 nitrogen and oxygen atoms in total. The van der Waals surface area contributed by atoms with Crippen LogP contribution in [-0.2, 0) is 4.79 Å². The van der Waals surface area contributed by atoms with Crippen molar-refractivity contribution in [2.75, 3.05) is 37.7 Å². The summed E-state index contributed by atoms with van der Waals surface area (Å²) in [5.74, 6) is -0.865. The van der Waals surface area contributed by atoms with E-state index in [4.69, 9.17) is 16.3 Å². The van der Waals surface area contributed by atoms with Crippen molar-refractivity contribution in [2.45, 2.75) is 32.1 Å². The number of benzene rings is 2. The van der Waals surface area contributed by atoms with E-state index < -0.39 is 17.7 Å². The van der Waals surface area contributed by atoms with E-state index in [-0.39, 0.29) is 40.5 Å². The van der Waals surface area contributed by atoms with Crippen molar-refractivity contribution < 1.29 is 28.2 Å². The second kappa shape index (κ2) is 12.1. The van der Waals surface area contributed by atoms with Gasteiger partial charge in [-0.1, -0.05) is 30.5 Å². The number of fused-ring (bicyclic) bond motifs is 1. The number of aromatic nitrogens is 2. The minimum Gasteiger partial charge on any atom is -0.493 e. The number of ether oxygens (including phenoxy) is 1. The monoisotopic (exact) mass is 532 g/mol. The summed E-state index contributed by atoms with van der Waals surface area (Å²) >= 11 is 6.54. The van der Waals surface area contributed by atoms with E-state index in [1.807, 2.05) is 4.90 Å². The van der Waals surface area contributed by atoms with Gasteiger partial charge in [-0.15, -0.1) is 0 Å². The number of halogens is 3. The smallest absolute Gasteiger partial charge is 0.407 e. The molecule has 1 saturated heterocycles. The highest BCUT2D eigenvalue weighted by Crippen LogP contribution is 2.42. The summed E-state index contributed by atoms with van der Waals surface area (Å²) < 4.78 is 36.8. The van der Waals surface area contributed by atoms with E-state index in [9.17, 15) is 14.7 Å². The van der Waals surface area contributed by atoms with Gasteiger partial charge in [0.2, 0.25) is 0 Å². The number of amides is 1. The van der Waals surface area contributed by atoms with Crippen LogP contribution in [0, 0.1) is 11.6 Å². The Labute approximate surface area is 217 Å². The van der Waals surface area contributed by atoms with Crippen molar-refractivity contribution in [3.63, 3.8) is 0 Å². The lowest BCUT2D eigenvalue weighted by Gasteiger charge is -2.34. The van der Waals surface area contributed by atoms with Gasteiger partial charge in [0.15, 0.2) is 5.82 Å².